The first-order valence-electron chi connectivity index (χ1n) is 5.74. The van der Waals surface area contributed by atoms with Gasteiger partial charge in [-0.1, -0.05) is 0 Å². The summed E-state index contributed by atoms with van der Waals surface area (Å²) in [5.41, 5.74) is 1.05. The Bertz CT molecular complexity index is 427. The summed E-state index contributed by atoms with van der Waals surface area (Å²) in [5.74, 6) is 0.505. The monoisotopic (exact) mass is 235 g/mol. The minimum Gasteiger partial charge on any atom is -0.497 e. The zero-order valence-corrected chi connectivity index (χ0v) is 10.1. The molecule has 1 aromatic carbocycles. The van der Waals surface area contributed by atoms with E-state index in [0.717, 1.165) is 12.2 Å². The molecule has 1 aromatic rings. The van der Waals surface area contributed by atoms with E-state index >= 15 is 0 Å². The van der Waals surface area contributed by atoms with E-state index in [0.29, 0.717) is 17.2 Å². The lowest BCUT2D eigenvalue weighted by molar-refractivity contribution is 0.0697. The van der Waals surface area contributed by atoms with Crippen LogP contribution < -0.4 is 9.64 Å². The molecule has 0 aromatic heterocycles. The third kappa shape index (κ3) is 2.70. The summed E-state index contributed by atoms with van der Waals surface area (Å²) >= 11 is 0. The topological polar surface area (TPSA) is 49.8 Å². The van der Waals surface area contributed by atoms with E-state index in [-0.39, 0.29) is 0 Å². The van der Waals surface area contributed by atoms with Gasteiger partial charge in [0.2, 0.25) is 0 Å². The van der Waals surface area contributed by atoms with Gasteiger partial charge in [0, 0.05) is 19.7 Å². The van der Waals surface area contributed by atoms with Crippen molar-refractivity contribution in [2.24, 2.45) is 5.92 Å². The number of hydrogen-bond donors (Lipinski definition) is 1. The van der Waals surface area contributed by atoms with Gasteiger partial charge in [0.1, 0.15) is 5.75 Å². The van der Waals surface area contributed by atoms with Crippen molar-refractivity contribution in [1.82, 2.24) is 0 Å². The van der Waals surface area contributed by atoms with Gasteiger partial charge in [0.05, 0.1) is 18.4 Å². The average molecular weight is 235 g/mol. The zero-order chi connectivity index (χ0) is 12.4. The van der Waals surface area contributed by atoms with Crippen LogP contribution in [0.5, 0.6) is 5.75 Å². The second-order valence-corrected chi connectivity index (χ2v) is 4.51. The van der Waals surface area contributed by atoms with E-state index in [2.05, 4.69) is 0 Å². The first-order valence-corrected chi connectivity index (χ1v) is 5.74. The Kier molecular flexibility index (Phi) is 3.22. The lowest BCUT2D eigenvalue weighted by atomic mass is 10.1. The number of carboxylic acids is 1. The number of nitrogens with zero attached hydrogens (tertiary/aromatic N) is 1. The number of carbonyl (C=O) groups is 1. The Hall–Kier alpha value is -1.71. The van der Waals surface area contributed by atoms with Crippen molar-refractivity contribution < 1.29 is 14.6 Å². The molecule has 0 unspecified atom stereocenters. The summed E-state index contributed by atoms with van der Waals surface area (Å²) in [4.78, 5) is 13.2. The summed E-state index contributed by atoms with van der Waals surface area (Å²) in [6, 6.07) is 5.06. The Morgan fingerprint density at radius 3 is 2.76 bits per heavy atom. The number of rotatable bonds is 5. The second kappa shape index (κ2) is 4.65. The Labute approximate surface area is 101 Å². The van der Waals surface area contributed by atoms with Crippen molar-refractivity contribution in [2.75, 3.05) is 25.6 Å². The molecule has 0 spiro atoms. The van der Waals surface area contributed by atoms with Crippen LogP contribution in [0.4, 0.5) is 5.69 Å². The molecule has 1 N–H and O–H groups in total. The van der Waals surface area contributed by atoms with Crippen molar-refractivity contribution in [3.8, 4) is 5.75 Å². The summed E-state index contributed by atoms with van der Waals surface area (Å²) in [5, 5.41) is 9.16. The van der Waals surface area contributed by atoms with Gasteiger partial charge in [-0.25, -0.2) is 4.79 Å². The summed E-state index contributed by atoms with van der Waals surface area (Å²) in [6.07, 6.45) is 2.49. The number of ether oxygens (including phenoxy) is 1. The summed E-state index contributed by atoms with van der Waals surface area (Å²) < 4.78 is 5.14. The molecule has 0 saturated heterocycles. The number of hydrogen-bond acceptors (Lipinski definition) is 3. The van der Waals surface area contributed by atoms with E-state index in [4.69, 9.17) is 9.84 Å². The summed E-state index contributed by atoms with van der Waals surface area (Å²) in [6.45, 7) is 0.910. The standard InChI is InChI=1S/C13H17NO3/c1-14(8-9-3-4-9)12-7-10(17-2)5-6-11(12)13(15)16/h5-7,9H,3-4,8H2,1-2H3,(H,15,16). The van der Waals surface area contributed by atoms with E-state index in [1.54, 1.807) is 25.3 Å². The Morgan fingerprint density at radius 2 is 2.24 bits per heavy atom. The number of benzene rings is 1. The van der Waals surface area contributed by atoms with E-state index in [9.17, 15) is 4.79 Å². The van der Waals surface area contributed by atoms with Crippen molar-refractivity contribution in [2.45, 2.75) is 12.8 Å². The molecule has 92 valence electrons. The fourth-order valence-corrected chi connectivity index (χ4v) is 1.92. The molecule has 0 bridgehead atoms. The molecule has 1 aliphatic carbocycles. The lowest BCUT2D eigenvalue weighted by Crippen LogP contribution is -2.22. The number of anilines is 1. The quantitative estimate of drug-likeness (QED) is 0.850. The fourth-order valence-electron chi connectivity index (χ4n) is 1.92. The molecule has 0 atom stereocenters. The zero-order valence-electron chi connectivity index (χ0n) is 10.1. The second-order valence-electron chi connectivity index (χ2n) is 4.51. The maximum Gasteiger partial charge on any atom is 0.337 e. The molecule has 17 heavy (non-hydrogen) atoms. The van der Waals surface area contributed by atoms with Gasteiger partial charge >= 0.3 is 5.97 Å². The first-order chi connectivity index (χ1) is 8.11. The van der Waals surface area contributed by atoms with Crippen LogP contribution in [-0.2, 0) is 0 Å². The highest BCUT2D eigenvalue weighted by molar-refractivity contribution is 5.94. The molecule has 0 heterocycles. The van der Waals surface area contributed by atoms with Gasteiger partial charge in [-0.15, -0.1) is 0 Å². The van der Waals surface area contributed by atoms with Gasteiger partial charge in [-0.2, -0.15) is 0 Å². The third-order valence-electron chi connectivity index (χ3n) is 3.08. The molecular formula is C13H17NO3. The van der Waals surface area contributed by atoms with E-state index < -0.39 is 5.97 Å². The maximum atomic E-state index is 11.2. The molecule has 1 saturated carbocycles. The van der Waals surface area contributed by atoms with Gasteiger partial charge in [-0.3, -0.25) is 0 Å². The van der Waals surface area contributed by atoms with Crippen LogP contribution in [0.2, 0.25) is 0 Å². The van der Waals surface area contributed by atoms with Gasteiger partial charge in [0.25, 0.3) is 0 Å². The molecule has 0 radical (unpaired) electrons. The smallest absolute Gasteiger partial charge is 0.337 e. The van der Waals surface area contributed by atoms with Crippen molar-refractivity contribution in [3.05, 3.63) is 23.8 Å². The van der Waals surface area contributed by atoms with Crippen molar-refractivity contribution in [1.29, 1.82) is 0 Å². The van der Waals surface area contributed by atoms with Crippen LogP contribution >= 0.6 is 0 Å². The minimum absolute atomic E-state index is 0.328. The minimum atomic E-state index is -0.898. The molecule has 4 nitrogen and oxygen atoms in total. The van der Waals surface area contributed by atoms with Gasteiger partial charge < -0.3 is 14.7 Å². The highest BCUT2D eigenvalue weighted by Gasteiger charge is 2.24. The van der Waals surface area contributed by atoms with Gasteiger partial charge in [0.15, 0.2) is 0 Å². The fraction of sp³-hybridized carbons (Fsp3) is 0.462. The largest absolute Gasteiger partial charge is 0.497 e. The number of aromatic carboxylic acids is 1. The Morgan fingerprint density at radius 1 is 1.53 bits per heavy atom. The lowest BCUT2D eigenvalue weighted by Gasteiger charge is -2.21. The summed E-state index contributed by atoms with van der Waals surface area (Å²) in [7, 11) is 3.51. The molecule has 4 heteroatoms. The number of methoxy groups -OCH3 is 1. The highest BCUT2D eigenvalue weighted by atomic mass is 16.5. The molecule has 1 fully saturated rings. The van der Waals surface area contributed by atoms with Crippen LogP contribution in [0.15, 0.2) is 18.2 Å². The first kappa shape index (κ1) is 11.8. The van der Waals surface area contributed by atoms with Crippen LogP contribution in [-0.4, -0.2) is 31.8 Å². The van der Waals surface area contributed by atoms with Crippen LogP contribution in [0.25, 0.3) is 0 Å². The highest BCUT2D eigenvalue weighted by Crippen LogP contribution is 2.33. The molecule has 0 amide bonds. The number of carboxylic acid groups (broad SMARTS) is 1. The van der Waals surface area contributed by atoms with E-state index in [1.807, 2.05) is 11.9 Å². The van der Waals surface area contributed by atoms with Crippen LogP contribution in [0.1, 0.15) is 23.2 Å². The van der Waals surface area contributed by atoms with Gasteiger partial charge in [-0.05, 0) is 30.9 Å². The molecule has 2 rings (SSSR count). The van der Waals surface area contributed by atoms with E-state index in [1.165, 1.54) is 12.8 Å². The molecular weight excluding hydrogens is 218 g/mol. The predicted octanol–water partition coefficient (Wildman–Crippen LogP) is 2.24. The van der Waals surface area contributed by atoms with Crippen molar-refractivity contribution >= 4 is 11.7 Å². The SMILES string of the molecule is COc1ccc(C(=O)O)c(N(C)CC2CC2)c1. The third-order valence-corrected chi connectivity index (χ3v) is 3.08. The van der Waals surface area contributed by atoms with Crippen molar-refractivity contribution in [3.63, 3.8) is 0 Å². The molecule has 1 aliphatic rings. The van der Waals surface area contributed by atoms with Crippen LogP contribution in [0, 0.1) is 5.92 Å². The Balaban J connectivity index is 2.29. The van der Waals surface area contributed by atoms with Crippen LogP contribution in [0.3, 0.4) is 0 Å². The normalized spacial score (nSPS) is 14.5. The predicted molar refractivity (Wildman–Crippen MR) is 65.9 cm³/mol. The average Bonchev–Trinajstić information content (AvgIpc) is 3.11. The maximum absolute atomic E-state index is 11.2. The molecule has 0 aliphatic heterocycles.